The van der Waals surface area contributed by atoms with Gasteiger partial charge in [-0.1, -0.05) is 38.3 Å². The number of thioether (sulfide) groups is 1. The number of aliphatic hydroxyl groups is 1. The molecule has 0 saturated heterocycles. The second-order valence-electron chi connectivity index (χ2n) is 5.60. The number of benzene rings is 1. The first-order valence-electron chi connectivity index (χ1n) is 7.35. The molecule has 0 aromatic heterocycles. The highest BCUT2D eigenvalue weighted by Crippen LogP contribution is 2.34. The molecular weight excluding hydrogens is 254 g/mol. The van der Waals surface area contributed by atoms with E-state index in [1.807, 2.05) is 30.8 Å². The molecule has 106 valence electrons. The number of hydrogen-bond acceptors (Lipinski definition) is 3. The van der Waals surface area contributed by atoms with Gasteiger partial charge < -0.3 is 10.8 Å². The molecule has 0 radical (unpaired) electrons. The van der Waals surface area contributed by atoms with Gasteiger partial charge in [0, 0.05) is 10.1 Å². The van der Waals surface area contributed by atoms with Crippen LogP contribution < -0.4 is 5.73 Å². The van der Waals surface area contributed by atoms with Crippen molar-refractivity contribution in [1.82, 2.24) is 0 Å². The molecule has 3 heteroatoms. The van der Waals surface area contributed by atoms with Crippen molar-refractivity contribution in [3.05, 3.63) is 29.8 Å². The van der Waals surface area contributed by atoms with Crippen molar-refractivity contribution in [3.63, 3.8) is 0 Å². The van der Waals surface area contributed by atoms with Gasteiger partial charge in [0.1, 0.15) is 0 Å². The van der Waals surface area contributed by atoms with Crippen LogP contribution in [0.3, 0.4) is 0 Å². The van der Waals surface area contributed by atoms with Gasteiger partial charge in [-0.05, 0) is 43.0 Å². The smallest absolute Gasteiger partial charge is 0.0827 e. The quantitative estimate of drug-likeness (QED) is 0.863. The van der Waals surface area contributed by atoms with E-state index in [-0.39, 0.29) is 5.92 Å². The van der Waals surface area contributed by atoms with Crippen molar-refractivity contribution >= 4 is 11.8 Å². The van der Waals surface area contributed by atoms with Crippen LogP contribution in [0.25, 0.3) is 0 Å². The van der Waals surface area contributed by atoms with E-state index in [4.69, 9.17) is 5.73 Å². The Balaban J connectivity index is 1.94. The molecule has 2 atom stereocenters. The van der Waals surface area contributed by atoms with Crippen LogP contribution in [0.15, 0.2) is 29.2 Å². The van der Waals surface area contributed by atoms with Gasteiger partial charge >= 0.3 is 0 Å². The number of nitrogens with two attached hydrogens (primary N) is 1. The SMILES string of the molecule is CC(CN)C(O)c1ccc(SC2CCCCC2)cc1. The standard InChI is InChI=1S/C16H25NOS/c1-12(11-17)16(18)13-7-9-15(10-8-13)19-14-5-3-2-4-6-14/h7-10,12,14,16,18H,2-6,11,17H2,1H3. The van der Waals surface area contributed by atoms with Gasteiger partial charge in [-0.15, -0.1) is 11.8 Å². The molecule has 1 fully saturated rings. The van der Waals surface area contributed by atoms with E-state index in [1.165, 1.54) is 37.0 Å². The third kappa shape index (κ3) is 4.23. The first-order valence-corrected chi connectivity index (χ1v) is 8.23. The average Bonchev–Trinajstić information content (AvgIpc) is 2.47. The summed E-state index contributed by atoms with van der Waals surface area (Å²) in [4.78, 5) is 1.32. The molecule has 0 aliphatic heterocycles. The molecule has 0 amide bonds. The zero-order valence-corrected chi connectivity index (χ0v) is 12.5. The molecule has 2 unspecified atom stereocenters. The summed E-state index contributed by atoms with van der Waals surface area (Å²) in [6.07, 6.45) is 6.40. The summed E-state index contributed by atoms with van der Waals surface area (Å²) in [6.45, 7) is 2.50. The Hall–Kier alpha value is -0.510. The summed E-state index contributed by atoms with van der Waals surface area (Å²) in [5.74, 6) is 0.108. The van der Waals surface area contributed by atoms with E-state index < -0.39 is 6.10 Å². The van der Waals surface area contributed by atoms with Crippen LogP contribution in [0, 0.1) is 5.92 Å². The van der Waals surface area contributed by atoms with E-state index in [0.29, 0.717) is 6.54 Å². The zero-order chi connectivity index (χ0) is 13.7. The van der Waals surface area contributed by atoms with E-state index >= 15 is 0 Å². The van der Waals surface area contributed by atoms with Crippen LogP contribution in [-0.4, -0.2) is 16.9 Å². The van der Waals surface area contributed by atoms with Crippen molar-refractivity contribution < 1.29 is 5.11 Å². The Kier molecular flexibility index (Phi) is 5.74. The van der Waals surface area contributed by atoms with Gasteiger partial charge in [0.05, 0.1) is 6.10 Å². The van der Waals surface area contributed by atoms with Gasteiger partial charge in [-0.3, -0.25) is 0 Å². The molecule has 1 aliphatic carbocycles. The molecule has 2 nitrogen and oxygen atoms in total. The number of rotatable bonds is 5. The first kappa shape index (κ1) is 14.9. The molecule has 1 aromatic carbocycles. The summed E-state index contributed by atoms with van der Waals surface area (Å²) in [6, 6.07) is 8.37. The lowest BCUT2D eigenvalue weighted by molar-refractivity contribution is 0.121. The monoisotopic (exact) mass is 279 g/mol. The van der Waals surface area contributed by atoms with Crippen molar-refractivity contribution in [1.29, 1.82) is 0 Å². The average molecular weight is 279 g/mol. The van der Waals surface area contributed by atoms with Gasteiger partial charge in [0.2, 0.25) is 0 Å². The maximum absolute atomic E-state index is 10.1. The van der Waals surface area contributed by atoms with Crippen LogP contribution in [0.2, 0.25) is 0 Å². The zero-order valence-electron chi connectivity index (χ0n) is 11.7. The highest BCUT2D eigenvalue weighted by atomic mass is 32.2. The largest absolute Gasteiger partial charge is 0.388 e. The van der Waals surface area contributed by atoms with E-state index in [1.54, 1.807) is 0 Å². The van der Waals surface area contributed by atoms with Crippen LogP contribution in [0.5, 0.6) is 0 Å². The molecule has 0 spiro atoms. The maximum Gasteiger partial charge on any atom is 0.0827 e. The van der Waals surface area contributed by atoms with Gasteiger partial charge in [0.25, 0.3) is 0 Å². The summed E-state index contributed by atoms with van der Waals surface area (Å²) >= 11 is 1.99. The molecule has 1 aromatic rings. The van der Waals surface area contributed by atoms with Crippen LogP contribution in [0.4, 0.5) is 0 Å². The van der Waals surface area contributed by atoms with E-state index in [2.05, 4.69) is 12.1 Å². The minimum atomic E-state index is -0.446. The van der Waals surface area contributed by atoms with E-state index in [0.717, 1.165) is 10.8 Å². The van der Waals surface area contributed by atoms with Crippen molar-refractivity contribution in [2.24, 2.45) is 11.7 Å². The van der Waals surface area contributed by atoms with Gasteiger partial charge in [-0.25, -0.2) is 0 Å². The second kappa shape index (κ2) is 7.32. The summed E-state index contributed by atoms with van der Waals surface area (Å²) in [5.41, 5.74) is 6.58. The van der Waals surface area contributed by atoms with Crippen molar-refractivity contribution in [2.75, 3.05) is 6.54 Å². The van der Waals surface area contributed by atoms with Crippen LogP contribution in [0.1, 0.15) is 50.7 Å². The fourth-order valence-electron chi connectivity index (χ4n) is 2.58. The summed E-state index contributed by atoms with van der Waals surface area (Å²) in [7, 11) is 0. The molecule has 1 saturated carbocycles. The molecule has 0 bridgehead atoms. The third-order valence-corrected chi connectivity index (χ3v) is 5.34. The Morgan fingerprint density at radius 1 is 1.21 bits per heavy atom. The predicted octanol–water partition coefficient (Wildman–Crippen LogP) is 3.74. The van der Waals surface area contributed by atoms with Crippen molar-refractivity contribution in [3.8, 4) is 0 Å². The topological polar surface area (TPSA) is 46.2 Å². The minimum Gasteiger partial charge on any atom is -0.388 e. The van der Waals surface area contributed by atoms with Crippen LogP contribution >= 0.6 is 11.8 Å². The summed E-state index contributed by atoms with van der Waals surface area (Å²) in [5, 5.41) is 10.9. The van der Waals surface area contributed by atoms with Gasteiger partial charge in [-0.2, -0.15) is 0 Å². The lowest BCUT2D eigenvalue weighted by Gasteiger charge is -2.21. The Bertz CT molecular complexity index is 373. The fraction of sp³-hybridized carbons (Fsp3) is 0.625. The molecule has 3 N–H and O–H groups in total. The maximum atomic E-state index is 10.1. The Labute approximate surface area is 120 Å². The normalized spacial score (nSPS) is 20.2. The lowest BCUT2D eigenvalue weighted by Crippen LogP contribution is -2.18. The lowest BCUT2D eigenvalue weighted by atomic mass is 9.98. The highest BCUT2D eigenvalue weighted by Gasteiger charge is 2.16. The molecule has 0 heterocycles. The number of aliphatic hydroxyl groups excluding tert-OH is 1. The Morgan fingerprint density at radius 3 is 2.42 bits per heavy atom. The molecular formula is C16H25NOS. The van der Waals surface area contributed by atoms with Gasteiger partial charge in [0.15, 0.2) is 0 Å². The van der Waals surface area contributed by atoms with Crippen LogP contribution in [-0.2, 0) is 0 Å². The Morgan fingerprint density at radius 2 is 1.84 bits per heavy atom. The third-order valence-electron chi connectivity index (χ3n) is 3.99. The molecule has 2 rings (SSSR count). The number of hydrogen-bond donors (Lipinski definition) is 2. The molecule has 1 aliphatic rings. The first-order chi connectivity index (χ1) is 9.20. The minimum absolute atomic E-state index is 0.108. The fourth-order valence-corrected chi connectivity index (χ4v) is 3.82. The van der Waals surface area contributed by atoms with E-state index in [9.17, 15) is 5.11 Å². The summed E-state index contributed by atoms with van der Waals surface area (Å²) < 4.78 is 0. The predicted molar refractivity (Wildman–Crippen MR) is 82.4 cm³/mol. The van der Waals surface area contributed by atoms with Crippen molar-refractivity contribution in [2.45, 2.75) is 55.3 Å². The highest BCUT2D eigenvalue weighted by molar-refractivity contribution is 8.00. The second-order valence-corrected chi connectivity index (χ2v) is 6.98. The molecule has 19 heavy (non-hydrogen) atoms.